The number of ether oxygens (including phenoxy) is 1. The molecule has 3 aromatic rings. The molecule has 0 aliphatic heterocycles. The average Bonchev–Trinajstić information content (AvgIpc) is 2.91. The van der Waals surface area contributed by atoms with E-state index in [2.05, 4.69) is 36.6 Å². The van der Waals surface area contributed by atoms with Crippen LogP contribution in [-0.4, -0.2) is 21.5 Å². The van der Waals surface area contributed by atoms with Crippen LogP contribution < -0.4 is 10.5 Å². The van der Waals surface area contributed by atoms with Crippen LogP contribution in [0.25, 0.3) is 22.2 Å². The summed E-state index contributed by atoms with van der Waals surface area (Å²) in [6.45, 7) is 4.20. The summed E-state index contributed by atoms with van der Waals surface area (Å²) in [5, 5.41) is 5.71. The first-order valence-electron chi connectivity index (χ1n) is 6.88. The minimum Gasteiger partial charge on any atom is -0.495 e. The van der Waals surface area contributed by atoms with Crippen molar-refractivity contribution >= 4 is 16.7 Å². The molecule has 0 spiro atoms. The zero-order chi connectivity index (χ0) is 15.3. The number of fused-ring (bicyclic) bond motifs is 1. The Balaban J connectivity index is 2.46. The average molecular weight is 284 g/mol. The number of benzene rings is 1. The van der Waals surface area contributed by atoms with Crippen LogP contribution in [0, 0.1) is 13.8 Å². The molecule has 2 heterocycles. The zero-order valence-corrected chi connectivity index (χ0v) is 13.1. The van der Waals surface area contributed by atoms with Crippen LogP contribution in [0.3, 0.4) is 0 Å². The van der Waals surface area contributed by atoms with Crippen LogP contribution in [0.1, 0.15) is 11.3 Å². The van der Waals surface area contributed by atoms with E-state index in [0.717, 1.165) is 28.2 Å². The maximum Gasteiger partial charge on any atom is 0.143 e. The SMILES string of the molecule is COc1ccc(C)c2c(-c3cc(N)n(C)n3)c(C)n(C)c12. The van der Waals surface area contributed by atoms with Gasteiger partial charge in [0.1, 0.15) is 11.6 Å². The van der Waals surface area contributed by atoms with Crippen molar-refractivity contribution in [1.82, 2.24) is 14.3 Å². The van der Waals surface area contributed by atoms with E-state index in [1.165, 1.54) is 10.9 Å². The minimum absolute atomic E-state index is 0.655. The molecule has 0 radical (unpaired) electrons. The number of aromatic nitrogens is 3. The summed E-state index contributed by atoms with van der Waals surface area (Å²) in [4.78, 5) is 0. The lowest BCUT2D eigenvalue weighted by atomic mass is 10.0. The monoisotopic (exact) mass is 284 g/mol. The number of nitrogens with zero attached hydrogens (tertiary/aromatic N) is 3. The van der Waals surface area contributed by atoms with E-state index in [1.54, 1.807) is 11.8 Å². The molecule has 5 heteroatoms. The first kappa shape index (κ1) is 13.5. The lowest BCUT2D eigenvalue weighted by molar-refractivity contribution is 0.417. The quantitative estimate of drug-likeness (QED) is 0.787. The summed E-state index contributed by atoms with van der Waals surface area (Å²) in [7, 11) is 5.60. The van der Waals surface area contributed by atoms with Crippen molar-refractivity contribution in [3.63, 3.8) is 0 Å². The molecule has 0 amide bonds. The summed E-state index contributed by atoms with van der Waals surface area (Å²) >= 11 is 0. The van der Waals surface area contributed by atoms with Gasteiger partial charge in [0, 0.05) is 36.8 Å². The first-order valence-corrected chi connectivity index (χ1v) is 6.88. The molecule has 0 bridgehead atoms. The Morgan fingerprint density at radius 1 is 1.19 bits per heavy atom. The Kier molecular flexibility index (Phi) is 2.93. The largest absolute Gasteiger partial charge is 0.495 e. The summed E-state index contributed by atoms with van der Waals surface area (Å²) in [5.74, 6) is 1.53. The van der Waals surface area contributed by atoms with E-state index < -0.39 is 0 Å². The van der Waals surface area contributed by atoms with Gasteiger partial charge in [-0.3, -0.25) is 4.68 Å². The van der Waals surface area contributed by atoms with E-state index in [-0.39, 0.29) is 0 Å². The summed E-state index contributed by atoms with van der Waals surface area (Å²) < 4.78 is 9.38. The fourth-order valence-electron chi connectivity index (χ4n) is 2.92. The van der Waals surface area contributed by atoms with Crippen LogP contribution >= 0.6 is 0 Å². The van der Waals surface area contributed by atoms with Gasteiger partial charge in [-0.1, -0.05) is 6.07 Å². The second-order valence-electron chi connectivity index (χ2n) is 5.41. The van der Waals surface area contributed by atoms with Gasteiger partial charge in [0.2, 0.25) is 0 Å². The summed E-state index contributed by atoms with van der Waals surface area (Å²) in [5.41, 5.74) is 11.4. The van der Waals surface area contributed by atoms with Gasteiger partial charge in [-0.05, 0) is 25.5 Å². The highest BCUT2D eigenvalue weighted by Gasteiger charge is 2.20. The van der Waals surface area contributed by atoms with E-state index in [0.29, 0.717) is 5.82 Å². The third-order valence-corrected chi connectivity index (χ3v) is 4.19. The third-order valence-electron chi connectivity index (χ3n) is 4.19. The van der Waals surface area contributed by atoms with Crippen LogP contribution in [0.2, 0.25) is 0 Å². The van der Waals surface area contributed by atoms with Crippen LogP contribution in [-0.2, 0) is 14.1 Å². The Morgan fingerprint density at radius 2 is 1.90 bits per heavy atom. The highest BCUT2D eigenvalue weighted by Crippen LogP contribution is 2.39. The molecule has 21 heavy (non-hydrogen) atoms. The van der Waals surface area contributed by atoms with Gasteiger partial charge in [0.15, 0.2) is 0 Å². The number of anilines is 1. The first-order chi connectivity index (χ1) is 9.95. The van der Waals surface area contributed by atoms with Crippen molar-refractivity contribution in [1.29, 1.82) is 0 Å². The molecule has 0 saturated heterocycles. The lowest BCUT2D eigenvalue weighted by Gasteiger charge is -2.06. The molecule has 2 aromatic heterocycles. The molecule has 5 nitrogen and oxygen atoms in total. The Labute approximate surface area is 123 Å². The highest BCUT2D eigenvalue weighted by atomic mass is 16.5. The van der Waals surface area contributed by atoms with Crippen molar-refractivity contribution in [3.8, 4) is 17.0 Å². The van der Waals surface area contributed by atoms with Crippen LogP contribution in [0.5, 0.6) is 5.75 Å². The van der Waals surface area contributed by atoms with Crippen LogP contribution in [0.15, 0.2) is 18.2 Å². The fraction of sp³-hybridized carbons (Fsp3) is 0.312. The van der Waals surface area contributed by atoms with Gasteiger partial charge in [0.25, 0.3) is 0 Å². The molecule has 110 valence electrons. The number of aryl methyl sites for hydroxylation is 3. The zero-order valence-electron chi connectivity index (χ0n) is 13.1. The summed E-state index contributed by atoms with van der Waals surface area (Å²) in [6, 6.07) is 6.00. The van der Waals surface area contributed by atoms with Crippen LogP contribution in [0.4, 0.5) is 5.82 Å². The molecule has 0 saturated carbocycles. The molecule has 0 atom stereocenters. The van der Waals surface area contributed by atoms with Gasteiger partial charge >= 0.3 is 0 Å². The summed E-state index contributed by atoms with van der Waals surface area (Å²) in [6.07, 6.45) is 0. The van der Waals surface area contributed by atoms with Crippen molar-refractivity contribution in [3.05, 3.63) is 29.5 Å². The molecule has 3 rings (SSSR count). The maximum atomic E-state index is 5.94. The molecular formula is C16H20N4O. The molecule has 0 aliphatic carbocycles. The van der Waals surface area contributed by atoms with E-state index in [9.17, 15) is 0 Å². The molecule has 0 unspecified atom stereocenters. The number of hydrogen-bond donors (Lipinski definition) is 1. The van der Waals surface area contributed by atoms with E-state index in [1.807, 2.05) is 19.2 Å². The number of methoxy groups -OCH3 is 1. The molecule has 1 aromatic carbocycles. The van der Waals surface area contributed by atoms with Crippen molar-refractivity contribution < 1.29 is 4.74 Å². The second kappa shape index (κ2) is 4.55. The highest BCUT2D eigenvalue weighted by molar-refractivity contribution is 6.02. The second-order valence-corrected chi connectivity index (χ2v) is 5.41. The topological polar surface area (TPSA) is 58.0 Å². The normalized spacial score (nSPS) is 11.3. The van der Waals surface area contributed by atoms with E-state index in [4.69, 9.17) is 10.5 Å². The third kappa shape index (κ3) is 1.81. The molecule has 0 aliphatic rings. The number of nitrogens with two attached hydrogens (primary N) is 1. The minimum atomic E-state index is 0.655. The Hall–Kier alpha value is -2.43. The van der Waals surface area contributed by atoms with E-state index >= 15 is 0 Å². The Morgan fingerprint density at radius 3 is 2.48 bits per heavy atom. The van der Waals surface area contributed by atoms with Crippen molar-refractivity contribution in [2.24, 2.45) is 14.1 Å². The lowest BCUT2D eigenvalue weighted by Crippen LogP contribution is -1.96. The smallest absolute Gasteiger partial charge is 0.143 e. The van der Waals surface area contributed by atoms with Crippen molar-refractivity contribution in [2.75, 3.05) is 12.8 Å². The van der Waals surface area contributed by atoms with Gasteiger partial charge in [-0.2, -0.15) is 5.10 Å². The standard InChI is InChI=1S/C16H20N4O/c1-9-6-7-12(21-5)16-14(9)15(10(2)19(16)3)11-8-13(17)20(4)18-11/h6-8H,17H2,1-5H3. The molecular weight excluding hydrogens is 264 g/mol. The fourth-order valence-corrected chi connectivity index (χ4v) is 2.92. The van der Waals surface area contributed by atoms with Gasteiger partial charge in [-0.15, -0.1) is 0 Å². The number of hydrogen-bond acceptors (Lipinski definition) is 3. The van der Waals surface area contributed by atoms with Gasteiger partial charge < -0.3 is 15.0 Å². The molecule has 2 N–H and O–H groups in total. The van der Waals surface area contributed by atoms with Gasteiger partial charge in [-0.25, -0.2) is 0 Å². The predicted molar refractivity (Wildman–Crippen MR) is 85.6 cm³/mol. The maximum absolute atomic E-state index is 5.94. The van der Waals surface area contributed by atoms with Crippen molar-refractivity contribution in [2.45, 2.75) is 13.8 Å². The number of rotatable bonds is 2. The molecule has 0 fully saturated rings. The number of nitrogen functional groups attached to an aromatic ring is 1. The Bertz CT molecular complexity index is 822. The van der Waals surface area contributed by atoms with Gasteiger partial charge in [0.05, 0.1) is 18.3 Å². The predicted octanol–water partition coefficient (Wildman–Crippen LogP) is 2.79.